The van der Waals surface area contributed by atoms with Crippen LogP contribution in [0.2, 0.25) is 0 Å². The summed E-state index contributed by atoms with van der Waals surface area (Å²) in [5.74, 6) is 0. The summed E-state index contributed by atoms with van der Waals surface area (Å²) in [7, 11) is 0. The van der Waals surface area contributed by atoms with Crippen LogP contribution in [0.25, 0.3) is 98.4 Å². The van der Waals surface area contributed by atoms with Gasteiger partial charge in [0.05, 0.1) is 34.3 Å². The fourth-order valence-electron chi connectivity index (χ4n) is 6.20. The molecule has 0 bridgehead atoms. The van der Waals surface area contributed by atoms with E-state index in [9.17, 15) is 19.2 Å². The van der Waals surface area contributed by atoms with E-state index in [0.29, 0.717) is 10.8 Å². The van der Waals surface area contributed by atoms with Gasteiger partial charge >= 0.3 is 0 Å². The first-order chi connectivity index (χ1) is 35.2. The molecule has 0 unspecified atom stereocenters. The summed E-state index contributed by atoms with van der Waals surface area (Å²) < 4.78 is 230. The molecule has 0 amide bonds. The first-order valence-electron chi connectivity index (χ1n) is 27.8. The van der Waals surface area contributed by atoms with Crippen LogP contribution in [0.15, 0.2) is 194 Å². The maximum absolute atomic E-state index is 10.2. The molecule has 10 aromatic rings. The van der Waals surface area contributed by atoms with Gasteiger partial charge in [-0.15, -0.1) is 0 Å². The van der Waals surface area contributed by atoms with Gasteiger partial charge in [-0.05, 0) is 123 Å². The molecule has 0 spiro atoms. The topological polar surface area (TPSA) is 0 Å². The van der Waals surface area contributed by atoms with Gasteiger partial charge in [0, 0.05) is 0 Å². The fourth-order valence-corrected chi connectivity index (χ4v) is 6.20. The zero-order chi connectivity index (χ0) is 54.8. The summed E-state index contributed by atoms with van der Waals surface area (Å²) in [5.41, 5.74) is -4.51. The standard InChI is InChI=1S/C50H32/c1-3-14-36-29-38(25-23-33(36)11-1)39-27-28-47-48(32-39)50(42-26-24-34-12-2-4-15-37(34)30-42)46-21-8-7-20-45(46)49(47)41-18-9-17-40(31-41)44-22-10-16-35-13-5-6-19-43(35)44/h1-32H/i1D,2D,3D,4D,7D,8D,9D,11D,12D,14D,15D,17D,18D,20D,21D,23D,24D,25D,26D,27D,28D,29D,30D,31D,32D. The lowest BCUT2D eigenvalue weighted by molar-refractivity contribution is 1.63. The fraction of sp³-hybridized carbons (Fsp3) is 0. The van der Waals surface area contributed by atoms with Crippen LogP contribution in [-0.2, 0) is 0 Å². The van der Waals surface area contributed by atoms with Gasteiger partial charge in [-0.3, -0.25) is 0 Å². The Balaban J connectivity index is 1.56. The third-order valence-electron chi connectivity index (χ3n) is 8.43. The average Bonchev–Trinajstić information content (AvgIpc) is 3.38. The molecule has 0 heteroatoms. The lowest BCUT2D eigenvalue weighted by Crippen LogP contribution is -1.92. The predicted molar refractivity (Wildman–Crippen MR) is 216 cm³/mol. The van der Waals surface area contributed by atoms with Crippen molar-refractivity contribution in [1.82, 2.24) is 0 Å². The van der Waals surface area contributed by atoms with E-state index in [4.69, 9.17) is 15.1 Å². The number of rotatable bonds is 4. The Labute approximate surface area is 326 Å². The number of fused-ring (bicyclic) bond motifs is 5. The lowest BCUT2D eigenvalue weighted by atomic mass is 9.84. The monoisotopic (exact) mass is 657 g/mol. The Kier molecular flexibility index (Phi) is 3.03. The number of hydrogen-bond acceptors (Lipinski definition) is 0. The van der Waals surface area contributed by atoms with Crippen molar-refractivity contribution < 1.29 is 34.3 Å². The van der Waals surface area contributed by atoms with Crippen molar-refractivity contribution in [2.45, 2.75) is 0 Å². The van der Waals surface area contributed by atoms with Crippen molar-refractivity contribution in [3.05, 3.63) is 194 Å². The molecule has 0 nitrogen and oxygen atoms in total. The zero-order valence-electron chi connectivity index (χ0n) is 50.5. The molecular formula is C50H32. The molecule has 0 aliphatic rings. The molecule has 50 heavy (non-hydrogen) atoms. The third kappa shape index (κ3) is 4.69. The summed E-state index contributed by atoms with van der Waals surface area (Å²) in [6.45, 7) is 0. The second-order valence-corrected chi connectivity index (χ2v) is 11.3. The maximum atomic E-state index is 10.2. The smallest absolute Gasteiger partial charge is 0.0616 e. The van der Waals surface area contributed by atoms with E-state index in [0.717, 1.165) is 0 Å². The molecule has 0 saturated carbocycles. The minimum atomic E-state index is -1.04. The second-order valence-electron chi connectivity index (χ2n) is 11.3. The van der Waals surface area contributed by atoms with Gasteiger partial charge in [0.15, 0.2) is 0 Å². The molecule has 0 heterocycles. The number of hydrogen-bond donors (Lipinski definition) is 0. The average molecular weight is 658 g/mol. The van der Waals surface area contributed by atoms with Gasteiger partial charge in [-0.2, -0.15) is 0 Å². The first kappa shape index (κ1) is 13.1. The van der Waals surface area contributed by atoms with Crippen LogP contribution >= 0.6 is 0 Å². The molecule has 0 radical (unpaired) electrons. The summed E-state index contributed by atoms with van der Waals surface area (Å²) in [5, 5.41) is -4.12. The largest absolute Gasteiger partial charge is 0.0636 e. The van der Waals surface area contributed by atoms with E-state index < -0.39 is 228 Å². The van der Waals surface area contributed by atoms with E-state index in [2.05, 4.69) is 0 Å². The van der Waals surface area contributed by atoms with Gasteiger partial charge in [0.2, 0.25) is 0 Å². The molecule has 0 aliphatic heterocycles. The number of benzene rings is 10. The van der Waals surface area contributed by atoms with Crippen LogP contribution in [-0.4, -0.2) is 0 Å². The molecule has 0 atom stereocenters. The third-order valence-corrected chi connectivity index (χ3v) is 8.43. The molecule has 0 aromatic heterocycles. The highest BCUT2D eigenvalue weighted by Gasteiger charge is 2.18. The molecular weight excluding hydrogens is 601 g/mol. The minimum absolute atomic E-state index is 0.216. The summed E-state index contributed by atoms with van der Waals surface area (Å²) in [6.07, 6.45) is 0. The van der Waals surface area contributed by atoms with Crippen molar-refractivity contribution >= 4 is 53.9 Å². The molecule has 10 rings (SSSR count). The van der Waals surface area contributed by atoms with Gasteiger partial charge in [0.25, 0.3) is 0 Å². The van der Waals surface area contributed by atoms with Crippen LogP contribution in [0.3, 0.4) is 0 Å². The van der Waals surface area contributed by atoms with Crippen LogP contribution in [0.5, 0.6) is 0 Å². The van der Waals surface area contributed by atoms with E-state index >= 15 is 0 Å². The molecule has 0 saturated heterocycles. The summed E-state index contributed by atoms with van der Waals surface area (Å²) >= 11 is 0. The van der Waals surface area contributed by atoms with Crippen LogP contribution in [0.1, 0.15) is 34.3 Å². The van der Waals surface area contributed by atoms with Crippen LogP contribution in [0.4, 0.5) is 0 Å². The van der Waals surface area contributed by atoms with Gasteiger partial charge in [-0.25, -0.2) is 0 Å². The molecule has 10 aromatic carbocycles. The zero-order valence-corrected chi connectivity index (χ0v) is 25.5. The van der Waals surface area contributed by atoms with Crippen molar-refractivity contribution in [2.24, 2.45) is 0 Å². The Bertz CT molecular complexity index is 4350. The Hall–Kier alpha value is -6.50. The van der Waals surface area contributed by atoms with Gasteiger partial charge < -0.3 is 0 Å². The minimum Gasteiger partial charge on any atom is -0.0616 e. The highest BCUT2D eigenvalue weighted by molar-refractivity contribution is 6.22. The van der Waals surface area contributed by atoms with Crippen molar-refractivity contribution in [3.63, 3.8) is 0 Å². The van der Waals surface area contributed by atoms with Crippen LogP contribution < -0.4 is 0 Å². The van der Waals surface area contributed by atoms with Crippen molar-refractivity contribution in [1.29, 1.82) is 0 Å². The summed E-state index contributed by atoms with van der Waals surface area (Å²) in [4.78, 5) is 0. The predicted octanol–water partition coefficient (Wildman–Crippen LogP) is 14.1. The Morgan fingerprint density at radius 1 is 0.280 bits per heavy atom. The second kappa shape index (κ2) is 11.6. The molecule has 232 valence electrons. The molecule has 0 aliphatic carbocycles. The maximum Gasteiger partial charge on any atom is 0.0636 e. The first-order valence-corrected chi connectivity index (χ1v) is 15.3. The quantitative estimate of drug-likeness (QED) is 0.165. The van der Waals surface area contributed by atoms with Crippen molar-refractivity contribution in [3.8, 4) is 44.5 Å². The van der Waals surface area contributed by atoms with Gasteiger partial charge in [-0.1, -0.05) is 169 Å². The van der Waals surface area contributed by atoms with E-state index in [1.54, 1.807) is 42.5 Å². The highest BCUT2D eigenvalue weighted by Crippen LogP contribution is 2.46. The SMILES string of the molecule is [2H]c1c([2H])c(-c2cccc3ccccc23)c([2H])c(-c2c3c([2H])c([2H])c([2H])c([2H])c3c(-c3c([2H])c([2H])c4c([2H])c([2H])c([2H])c([2H])c4c3[2H])c3c([2H])c(-c4c([2H])c([2H])c5c([2H])c([2H])c([2H])c([2H])c5c4[2H])c([2H])c([2H])c23)c1[2H]. The summed E-state index contributed by atoms with van der Waals surface area (Å²) in [6, 6.07) is -10.4. The van der Waals surface area contributed by atoms with E-state index in [1.807, 2.05) is 0 Å². The normalized spacial score (nSPS) is 18.6. The Morgan fingerprint density at radius 2 is 0.820 bits per heavy atom. The van der Waals surface area contributed by atoms with Gasteiger partial charge in [0.1, 0.15) is 0 Å². The van der Waals surface area contributed by atoms with E-state index in [1.165, 1.54) is 0 Å². The molecule has 0 fully saturated rings. The highest BCUT2D eigenvalue weighted by atomic mass is 14.2. The van der Waals surface area contributed by atoms with Crippen LogP contribution in [0, 0.1) is 0 Å². The van der Waals surface area contributed by atoms with Crippen molar-refractivity contribution in [2.75, 3.05) is 0 Å². The Morgan fingerprint density at radius 3 is 1.60 bits per heavy atom. The lowest BCUT2D eigenvalue weighted by Gasteiger charge is -2.19. The van der Waals surface area contributed by atoms with E-state index in [-0.39, 0.29) is 11.1 Å². The molecule has 0 N–H and O–H groups in total.